The van der Waals surface area contributed by atoms with Gasteiger partial charge in [0, 0.05) is 13.1 Å². The molecule has 5 N–H and O–H groups in total. The average Bonchev–Trinajstić information content (AvgIpc) is 2.32. The monoisotopic (exact) mass is 285 g/mol. The van der Waals surface area contributed by atoms with Crippen molar-refractivity contribution in [2.75, 3.05) is 23.7 Å². The Hall–Kier alpha value is -1.31. The van der Waals surface area contributed by atoms with E-state index in [-0.39, 0.29) is 22.6 Å². The lowest BCUT2D eigenvalue weighted by Crippen LogP contribution is -2.42. The van der Waals surface area contributed by atoms with Crippen LogP contribution in [0.5, 0.6) is 0 Å². The van der Waals surface area contributed by atoms with Gasteiger partial charge in [-0.05, 0) is 24.5 Å². The fraction of sp³-hybridized carbons (Fsp3) is 0.500. The maximum atomic E-state index is 11.4. The lowest BCUT2D eigenvalue weighted by molar-refractivity contribution is 0.0971. The van der Waals surface area contributed by atoms with Crippen molar-refractivity contribution in [3.63, 3.8) is 0 Å². The van der Waals surface area contributed by atoms with Gasteiger partial charge in [0.1, 0.15) is 4.90 Å². The molecule has 1 aromatic carbocycles. The molecule has 0 spiro atoms. The third-order valence-corrected chi connectivity index (χ3v) is 4.52. The van der Waals surface area contributed by atoms with Gasteiger partial charge in [0.2, 0.25) is 10.0 Å². The van der Waals surface area contributed by atoms with Crippen LogP contribution in [-0.4, -0.2) is 32.7 Å². The van der Waals surface area contributed by atoms with E-state index in [2.05, 4.69) is 0 Å². The molecule has 1 aliphatic heterocycles. The normalized spacial score (nSPS) is 24.5. The summed E-state index contributed by atoms with van der Waals surface area (Å²) in [6, 6.07) is 4.80. The molecule has 19 heavy (non-hydrogen) atoms. The highest BCUT2D eigenvalue weighted by atomic mass is 32.2. The number of rotatable bonds is 2. The van der Waals surface area contributed by atoms with E-state index in [1.807, 2.05) is 11.8 Å². The Kier molecular flexibility index (Phi) is 3.71. The van der Waals surface area contributed by atoms with Gasteiger partial charge in [0.05, 0.1) is 17.5 Å². The number of nitrogens with zero attached hydrogens (tertiary/aromatic N) is 1. The zero-order valence-corrected chi connectivity index (χ0v) is 11.6. The predicted octanol–water partition coefficient (Wildman–Crippen LogP) is 0.123. The number of anilines is 2. The number of benzene rings is 1. The molecular weight excluding hydrogens is 266 g/mol. The lowest BCUT2D eigenvalue weighted by atomic mass is 9.96. The van der Waals surface area contributed by atoms with E-state index in [0.29, 0.717) is 25.2 Å². The van der Waals surface area contributed by atoms with E-state index < -0.39 is 10.0 Å². The number of hydrogen-bond donors (Lipinski definition) is 3. The number of primary sulfonamides is 1. The van der Waals surface area contributed by atoms with Crippen LogP contribution < -0.4 is 15.8 Å². The number of para-hydroxylation sites is 1. The molecule has 1 aromatic rings. The molecule has 0 saturated carbocycles. The first-order chi connectivity index (χ1) is 8.80. The molecule has 1 aliphatic rings. The highest BCUT2D eigenvalue weighted by molar-refractivity contribution is 7.89. The second kappa shape index (κ2) is 4.99. The van der Waals surface area contributed by atoms with Crippen molar-refractivity contribution in [2.45, 2.75) is 24.3 Å². The number of aliphatic hydroxyl groups is 1. The average molecular weight is 285 g/mol. The summed E-state index contributed by atoms with van der Waals surface area (Å²) in [5.41, 5.74) is 6.75. The fourth-order valence-electron chi connectivity index (χ4n) is 2.41. The van der Waals surface area contributed by atoms with Gasteiger partial charge in [-0.15, -0.1) is 0 Å². The Morgan fingerprint density at radius 2 is 2.11 bits per heavy atom. The first-order valence-corrected chi connectivity index (χ1v) is 7.69. The molecule has 6 nitrogen and oxygen atoms in total. The van der Waals surface area contributed by atoms with Crippen LogP contribution in [0.4, 0.5) is 11.4 Å². The smallest absolute Gasteiger partial charge is 0.240 e. The second-order valence-corrected chi connectivity index (χ2v) is 6.54. The molecule has 0 aliphatic carbocycles. The molecule has 106 valence electrons. The van der Waals surface area contributed by atoms with Crippen molar-refractivity contribution in [2.24, 2.45) is 11.1 Å². The molecule has 7 heteroatoms. The standard InChI is InChI=1S/C12H19N3O3S/c1-8-7-15(6-5-10(8)16)9-3-2-4-11(12(9)13)19(14,17)18/h2-4,8,10,16H,5-7,13H2,1H3,(H2,14,17,18). The van der Waals surface area contributed by atoms with Gasteiger partial charge < -0.3 is 15.7 Å². The number of sulfonamides is 1. The lowest BCUT2D eigenvalue weighted by Gasteiger charge is -2.36. The topological polar surface area (TPSA) is 110 Å². The Morgan fingerprint density at radius 1 is 1.42 bits per heavy atom. The minimum absolute atomic E-state index is 0.0521. The van der Waals surface area contributed by atoms with Gasteiger partial charge in [0.15, 0.2) is 0 Å². The minimum Gasteiger partial charge on any atom is -0.396 e. The van der Waals surface area contributed by atoms with E-state index in [0.717, 1.165) is 0 Å². The van der Waals surface area contributed by atoms with Crippen molar-refractivity contribution in [1.29, 1.82) is 0 Å². The quantitative estimate of drug-likeness (QED) is 0.669. The fourth-order valence-corrected chi connectivity index (χ4v) is 3.09. The van der Waals surface area contributed by atoms with Crippen LogP contribution in [0, 0.1) is 5.92 Å². The molecule has 1 fully saturated rings. The van der Waals surface area contributed by atoms with Crippen molar-refractivity contribution in [3.05, 3.63) is 18.2 Å². The van der Waals surface area contributed by atoms with Crippen molar-refractivity contribution >= 4 is 21.4 Å². The van der Waals surface area contributed by atoms with Crippen LogP contribution in [0.25, 0.3) is 0 Å². The van der Waals surface area contributed by atoms with E-state index in [1.54, 1.807) is 12.1 Å². The van der Waals surface area contributed by atoms with Gasteiger partial charge in [-0.1, -0.05) is 13.0 Å². The van der Waals surface area contributed by atoms with Crippen LogP contribution in [0.1, 0.15) is 13.3 Å². The summed E-state index contributed by atoms with van der Waals surface area (Å²) >= 11 is 0. The summed E-state index contributed by atoms with van der Waals surface area (Å²) < 4.78 is 22.9. The van der Waals surface area contributed by atoms with Crippen molar-refractivity contribution in [3.8, 4) is 0 Å². The van der Waals surface area contributed by atoms with E-state index in [1.165, 1.54) is 6.07 Å². The van der Waals surface area contributed by atoms with Crippen LogP contribution in [0.3, 0.4) is 0 Å². The van der Waals surface area contributed by atoms with Crippen LogP contribution >= 0.6 is 0 Å². The van der Waals surface area contributed by atoms with E-state index in [4.69, 9.17) is 10.9 Å². The molecule has 0 aromatic heterocycles. The summed E-state index contributed by atoms with van der Waals surface area (Å²) in [6.07, 6.45) is 0.319. The third kappa shape index (κ3) is 2.83. The Morgan fingerprint density at radius 3 is 2.68 bits per heavy atom. The van der Waals surface area contributed by atoms with Crippen molar-refractivity contribution in [1.82, 2.24) is 0 Å². The molecule has 0 amide bonds. The highest BCUT2D eigenvalue weighted by Crippen LogP contribution is 2.32. The largest absolute Gasteiger partial charge is 0.396 e. The molecular formula is C12H19N3O3S. The Balaban J connectivity index is 2.36. The maximum Gasteiger partial charge on any atom is 0.240 e. The van der Waals surface area contributed by atoms with Gasteiger partial charge in [-0.2, -0.15) is 0 Å². The summed E-state index contributed by atoms with van der Waals surface area (Å²) in [4.78, 5) is 1.94. The Labute approximate surface area is 113 Å². The summed E-state index contributed by atoms with van der Waals surface area (Å²) in [6.45, 7) is 3.24. The maximum absolute atomic E-state index is 11.4. The van der Waals surface area contributed by atoms with Gasteiger partial charge in [-0.3, -0.25) is 0 Å². The van der Waals surface area contributed by atoms with Crippen molar-refractivity contribution < 1.29 is 13.5 Å². The molecule has 2 unspecified atom stereocenters. The zero-order chi connectivity index (χ0) is 14.2. The number of nitrogens with two attached hydrogens (primary N) is 2. The van der Waals surface area contributed by atoms with Crippen LogP contribution in [0.2, 0.25) is 0 Å². The molecule has 0 radical (unpaired) electrons. The van der Waals surface area contributed by atoms with Gasteiger partial charge in [0.25, 0.3) is 0 Å². The van der Waals surface area contributed by atoms with Gasteiger partial charge >= 0.3 is 0 Å². The summed E-state index contributed by atoms with van der Waals surface area (Å²) in [5, 5.41) is 14.9. The number of nitrogen functional groups attached to an aromatic ring is 1. The van der Waals surface area contributed by atoms with Gasteiger partial charge in [-0.25, -0.2) is 13.6 Å². The molecule has 1 heterocycles. The Bertz CT molecular complexity index is 574. The number of piperidine rings is 1. The third-order valence-electron chi connectivity index (χ3n) is 3.55. The molecule has 1 saturated heterocycles. The van der Waals surface area contributed by atoms with E-state index in [9.17, 15) is 13.5 Å². The van der Waals surface area contributed by atoms with E-state index >= 15 is 0 Å². The first-order valence-electron chi connectivity index (χ1n) is 6.15. The predicted molar refractivity (Wildman–Crippen MR) is 74.2 cm³/mol. The first kappa shape index (κ1) is 14.1. The second-order valence-electron chi connectivity index (χ2n) is 5.01. The molecule has 2 atom stereocenters. The zero-order valence-electron chi connectivity index (χ0n) is 10.8. The molecule has 0 bridgehead atoms. The van der Waals surface area contributed by atoms with Crippen LogP contribution in [-0.2, 0) is 10.0 Å². The highest BCUT2D eigenvalue weighted by Gasteiger charge is 2.26. The number of aliphatic hydroxyl groups excluding tert-OH is 1. The SMILES string of the molecule is CC1CN(c2cccc(S(N)(=O)=O)c2N)CCC1O. The minimum atomic E-state index is -3.82. The summed E-state index contributed by atoms with van der Waals surface area (Å²) in [7, 11) is -3.82. The van der Waals surface area contributed by atoms with Crippen LogP contribution in [0.15, 0.2) is 23.1 Å². The summed E-state index contributed by atoms with van der Waals surface area (Å²) in [5.74, 6) is 0.117. The number of hydrogen-bond acceptors (Lipinski definition) is 5. The molecule has 2 rings (SSSR count).